The maximum absolute atomic E-state index is 12.6. The standard InChI is InChI=1S/C31H37BN2O8/c1-4-23-16-25(32(38)39)14-15-27(23)21(3)19-41-30(36)33-26-13-9-12-24(17-26)28(18-29(35)40-5-2)34-31(37)42-20-22-10-7-6-8-11-22/h6-17,21,28,38-39H,4-5,18-20H2,1-3H3,(H,33,36)(H,34,37)/t21-,28+/m0/s1. The summed E-state index contributed by atoms with van der Waals surface area (Å²) in [5, 5.41) is 24.3. The van der Waals surface area contributed by atoms with Crippen LogP contribution in [0.2, 0.25) is 0 Å². The summed E-state index contributed by atoms with van der Waals surface area (Å²) in [5.74, 6) is -0.632. The molecular weight excluding hydrogens is 539 g/mol. The molecule has 0 spiro atoms. The molecule has 0 saturated carbocycles. The zero-order valence-corrected chi connectivity index (χ0v) is 24.0. The lowest BCUT2D eigenvalue weighted by molar-refractivity contribution is -0.143. The lowest BCUT2D eigenvalue weighted by Gasteiger charge is -2.20. The predicted octanol–water partition coefficient (Wildman–Crippen LogP) is 4.20. The van der Waals surface area contributed by atoms with Crippen LogP contribution in [0.5, 0.6) is 0 Å². The van der Waals surface area contributed by atoms with Crippen molar-refractivity contribution in [2.24, 2.45) is 0 Å². The molecule has 0 aromatic heterocycles. The van der Waals surface area contributed by atoms with Crippen molar-refractivity contribution in [2.45, 2.75) is 52.2 Å². The Labute approximate surface area is 246 Å². The van der Waals surface area contributed by atoms with Gasteiger partial charge in [-0.05, 0) is 53.2 Å². The summed E-state index contributed by atoms with van der Waals surface area (Å²) in [5.41, 5.74) is 4.08. The second-order valence-corrected chi connectivity index (χ2v) is 9.70. The van der Waals surface area contributed by atoms with Gasteiger partial charge >= 0.3 is 25.3 Å². The van der Waals surface area contributed by atoms with Gasteiger partial charge in [-0.1, -0.05) is 74.5 Å². The molecule has 0 radical (unpaired) electrons. The van der Waals surface area contributed by atoms with E-state index < -0.39 is 31.3 Å². The van der Waals surface area contributed by atoms with Crippen LogP contribution in [-0.2, 0) is 32.0 Å². The fourth-order valence-corrected chi connectivity index (χ4v) is 4.40. The smallest absolute Gasteiger partial charge is 0.466 e. The first kappa shape index (κ1) is 32.2. The number of nitrogens with one attached hydrogen (secondary N) is 2. The van der Waals surface area contributed by atoms with Gasteiger partial charge in [-0.25, -0.2) is 9.59 Å². The summed E-state index contributed by atoms with van der Waals surface area (Å²) >= 11 is 0. The number of aryl methyl sites for hydroxylation is 1. The lowest BCUT2D eigenvalue weighted by Crippen LogP contribution is -2.31. The Bertz CT molecular complexity index is 1340. The van der Waals surface area contributed by atoms with Crippen LogP contribution >= 0.6 is 0 Å². The summed E-state index contributed by atoms with van der Waals surface area (Å²) < 4.78 is 15.9. The summed E-state index contributed by atoms with van der Waals surface area (Å²) in [6.07, 6.45) is -0.824. The van der Waals surface area contributed by atoms with Gasteiger partial charge < -0.3 is 29.6 Å². The van der Waals surface area contributed by atoms with E-state index in [1.807, 2.05) is 50.2 Å². The van der Waals surface area contributed by atoms with Gasteiger partial charge in [0, 0.05) is 11.6 Å². The van der Waals surface area contributed by atoms with Gasteiger partial charge in [0.2, 0.25) is 0 Å². The van der Waals surface area contributed by atoms with Crippen molar-refractivity contribution in [1.29, 1.82) is 0 Å². The van der Waals surface area contributed by atoms with E-state index in [1.54, 1.807) is 43.3 Å². The van der Waals surface area contributed by atoms with Gasteiger partial charge in [0.1, 0.15) is 6.61 Å². The molecule has 0 fully saturated rings. The first-order valence-corrected chi connectivity index (χ1v) is 13.9. The predicted molar refractivity (Wildman–Crippen MR) is 159 cm³/mol. The molecular formula is C31H37BN2O8. The molecule has 0 heterocycles. The number of ether oxygens (including phenoxy) is 3. The van der Waals surface area contributed by atoms with Crippen molar-refractivity contribution < 1.29 is 38.6 Å². The highest BCUT2D eigenvalue weighted by atomic mass is 16.6. The maximum Gasteiger partial charge on any atom is 0.488 e. The molecule has 3 aromatic rings. The molecule has 0 unspecified atom stereocenters. The summed E-state index contributed by atoms with van der Waals surface area (Å²) in [7, 11) is -1.55. The van der Waals surface area contributed by atoms with E-state index in [0.29, 0.717) is 23.1 Å². The van der Waals surface area contributed by atoms with Crippen LogP contribution in [0.15, 0.2) is 72.8 Å². The highest BCUT2D eigenvalue weighted by Crippen LogP contribution is 2.23. The minimum Gasteiger partial charge on any atom is -0.466 e. The average molecular weight is 576 g/mol. The third-order valence-electron chi connectivity index (χ3n) is 6.56. The number of hydrogen-bond acceptors (Lipinski definition) is 8. The molecule has 10 nitrogen and oxygen atoms in total. The van der Waals surface area contributed by atoms with E-state index in [4.69, 9.17) is 14.2 Å². The maximum atomic E-state index is 12.6. The Morgan fingerprint density at radius 3 is 2.33 bits per heavy atom. The highest BCUT2D eigenvalue weighted by Gasteiger charge is 2.21. The van der Waals surface area contributed by atoms with Gasteiger partial charge in [-0.2, -0.15) is 0 Å². The van der Waals surface area contributed by atoms with E-state index in [2.05, 4.69) is 10.6 Å². The SMILES string of the molecule is CCOC(=O)C[C@@H](NC(=O)OCc1ccccc1)c1cccc(NC(=O)OC[C@H](C)c2ccc(B(O)O)cc2CC)c1. The van der Waals surface area contributed by atoms with Crippen LogP contribution in [0.3, 0.4) is 0 Å². The van der Waals surface area contributed by atoms with Crippen LogP contribution in [0.25, 0.3) is 0 Å². The van der Waals surface area contributed by atoms with Crippen LogP contribution < -0.4 is 16.1 Å². The number of rotatable bonds is 13. The molecule has 0 aliphatic carbocycles. The van der Waals surface area contributed by atoms with Gasteiger partial charge in [0.05, 0.1) is 25.7 Å². The van der Waals surface area contributed by atoms with Crippen LogP contribution in [-0.4, -0.2) is 48.5 Å². The van der Waals surface area contributed by atoms with Crippen LogP contribution in [0, 0.1) is 0 Å². The monoisotopic (exact) mass is 576 g/mol. The Balaban J connectivity index is 1.63. The fourth-order valence-electron chi connectivity index (χ4n) is 4.40. The molecule has 0 aliphatic rings. The van der Waals surface area contributed by atoms with Gasteiger partial charge in [-0.3, -0.25) is 10.1 Å². The molecule has 2 amide bonds. The third kappa shape index (κ3) is 9.93. The number of alkyl carbamates (subject to hydrolysis) is 1. The van der Waals surface area contributed by atoms with Crippen LogP contribution in [0.4, 0.5) is 15.3 Å². The minimum absolute atomic E-state index is 0.0674. The molecule has 4 N–H and O–H groups in total. The van der Waals surface area contributed by atoms with Crippen molar-refractivity contribution in [3.8, 4) is 0 Å². The van der Waals surface area contributed by atoms with E-state index in [0.717, 1.165) is 16.7 Å². The highest BCUT2D eigenvalue weighted by molar-refractivity contribution is 6.58. The number of anilines is 1. The molecule has 3 aromatic carbocycles. The molecule has 0 bridgehead atoms. The zero-order valence-electron chi connectivity index (χ0n) is 24.0. The van der Waals surface area contributed by atoms with Crippen molar-refractivity contribution in [3.05, 3.63) is 95.1 Å². The topological polar surface area (TPSA) is 143 Å². The molecule has 0 saturated heterocycles. The molecule has 11 heteroatoms. The Morgan fingerprint density at radius 1 is 0.881 bits per heavy atom. The quantitative estimate of drug-likeness (QED) is 0.135. The molecule has 42 heavy (non-hydrogen) atoms. The third-order valence-corrected chi connectivity index (χ3v) is 6.56. The Morgan fingerprint density at radius 2 is 1.64 bits per heavy atom. The normalized spacial score (nSPS) is 12.0. The summed E-state index contributed by atoms with van der Waals surface area (Å²) in [6, 6.07) is 20.3. The molecule has 3 rings (SSSR count). The van der Waals surface area contributed by atoms with Crippen molar-refractivity contribution in [3.63, 3.8) is 0 Å². The second kappa shape index (κ2) is 16.2. The van der Waals surface area contributed by atoms with E-state index >= 15 is 0 Å². The molecule has 0 aliphatic heterocycles. The van der Waals surface area contributed by atoms with Gasteiger partial charge in [-0.15, -0.1) is 0 Å². The van der Waals surface area contributed by atoms with Crippen molar-refractivity contribution in [2.75, 3.05) is 18.5 Å². The summed E-state index contributed by atoms with van der Waals surface area (Å²) in [6.45, 7) is 5.94. The number of carbonyl (C=O) groups is 3. The molecule has 2 atom stereocenters. The number of hydrogen-bond donors (Lipinski definition) is 4. The zero-order chi connectivity index (χ0) is 30.5. The molecule has 222 valence electrons. The fraction of sp³-hybridized carbons (Fsp3) is 0.323. The van der Waals surface area contributed by atoms with E-state index in [1.165, 1.54) is 0 Å². The number of esters is 1. The minimum atomic E-state index is -1.55. The van der Waals surface area contributed by atoms with Crippen molar-refractivity contribution in [1.82, 2.24) is 5.32 Å². The van der Waals surface area contributed by atoms with Gasteiger partial charge in [0.15, 0.2) is 0 Å². The Kier molecular flexibility index (Phi) is 12.4. The largest absolute Gasteiger partial charge is 0.488 e. The first-order valence-electron chi connectivity index (χ1n) is 13.9. The van der Waals surface area contributed by atoms with E-state index in [-0.39, 0.29) is 32.2 Å². The summed E-state index contributed by atoms with van der Waals surface area (Å²) in [4.78, 5) is 37.5. The number of benzene rings is 3. The number of amides is 2. The van der Waals surface area contributed by atoms with Gasteiger partial charge in [0.25, 0.3) is 0 Å². The lowest BCUT2D eigenvalue weighted by atomic mass is 9.77. The second-order valence-electron chi connectivity index (χ2n) is 9.70. The number of carbonyl (C=O) groups excluding carboxylic acids is 3. The van der Waals surface area contributed by atoms with E-state index in [9.17, 15) is 24.4 Å². The van der Waals surface area contributed by atoms with Crippen LogP contribution in [0.1, 0.15) is 61.4 Å². The Hall–Kier alpha value is -4.35. The first-order chi connectivity index (χ1) is 20.2. The van der Waals surface area contributed by atoms with Crippen molar-refractivity contribution >= 4 is 36.4 Å². The average Bonchev–Trinajstić information content (AvgIpc) is 2.99.